The third-order valence-electron chi connectivity index (χ3n) is 15.4. The van der Waals surface area contributed by atoms with Crippen molar-refractivity contribution in [2.45, 2.75) is 138 Å². The van der Waals surface area contributed by atoms with E-state index in [0.29, 0.717) is 46.4 Å². The van der Waals surface area contributed by atoms with Gasteiger partial charge >= 0.3 is 11.9 Å². The van der Waals surface area contributed by atoms with Gasteiger partial charge in [-0.2, -0.15) is 0 Å². The third-order valence-corrected chi connectivity index (χ3v) is 15.4. The van der Waals surface area contributed by atoms with Gasteiger partial charge in [0.2, 0.25) is 11.2 Å². The minimum absolute atomic E-state index is 0. The average molecular weight is 948 g/mol. The van der Waals surface area contributed by atoms with Gasteiger partial charge < -0.3 is 63.7 Å². The number of benzene rings is 4. The van der Waals surface area contributed by atoms with Crippen LogP contribution in [0.25, 0.3) is 0 Å². The van der Waals surface area contributed by atoms with Gasteiger partial charge in [-0.1, -0.05) is 121 Å². The number of quaternary nitrogens is 2. The molecular weight excluding hydrogens is 876 g/mol. The predicted octanol–water partition coefficient (Wildman–Crippen LogP) is 1.54. The Morgan fingerprint density at radius 2 is 0.682 bits per heavy atom. The summed E-state index contributed by atoms with van der Waals surface area (Å²) in [7, 11) is 0. The molecule has 6 aliphatic heterocycles. The number of carbonyl (C=O) groups is 2. The fourth-order valence-corrected chi connectivity index (χ4v) is 12.6. The molecule has 6 fully saturated rings. The second kappa shape index (κ2) is 23.9. The Labute approximate surface area is 405 Å². The largest absolute Gasteiger partial charge is 1.00 e. The molecule has 360 valence electrons. The molecule has 4 aromatic rings. The van der Waals surface area contributed by atoms with E-state index >= 15 is 0 Å². The maximum Gasteiger partial charge on any atom is 0.347 e. The molecule has 0 aromatic heterocycles. The Morgan fingerprint density at radius 3 is 0.894 bits per heavy atom. The first-order chi connectivity index (χ1) is 31.1. The molecule has 6 atom stereocenters. The second-order valence-corrected chi connectivity index (χ2v) is 18.8. The highest BCUT2D eigenvalue weighted by atomic mass is 35.5. The van der Waals surface area contributed by atoms with Crippen LogP contribution >= 0.6 is 0 Å². The number of halogens is 2. The van der Waals surface area contributed by atoms with Crippen molar-refractivity contribution >= 4 is 11.9 Å². The number of hydrogen-bond donors (Lipinski definition) is 4. The van der Waals surface area contributed by atoms with Gasteiger partial charge in [-0.25, -0.2) is 9.59 Å². The zero-order valence-electron chi connectivity index (χ0n) is 38.8. The summed E-state index contributed by atoms with van der Waals surface area (Å²) in [5.41, 5.74) is -1.34. The summed E-state index contributed by atoms with van der Waals surface area (Å²) in [5, 5.41) is 38.4. The second-order valence-electron chi connectivity index (χ2n) is 18.8. The van der Waals surface area contributed by atoms with Gasteiger partial charge in [-0.05, 0) is 36.1 Å². The van der Waals surface area contributed by atoms with Crippen LogP contribution in [0, 0.1) is 0 Å². The summed E-state index contributed by atoms with van der Waals surface area (Å²) in [4.78, 5) is 26.8. The monoisotopic (exact) mass is 946 g/mol. The van der Waals surface area contributed by atoms with E-state index in [9.17, 15) is 19.8 Å². The van der Waals surface area contributed by atoms with Gasteiger partial charge in [0.05, 0.1) is 50.3 Å². The topological polar surface area (TPSA) is 134 Å². The minimum atomic E-state index is -1.78. The lowest BCUT2D eigenvalue weighted by Gasteiger charge is -2.47. The van der Waals surface area contributed by atoms with Crippen LogP contribution in [-0.2, 0) is 30.3 Å². The van der Waals surface area contributed by atoms with Crippen molar-refractivity contribution in [1.29, 1.82) is 0 Å². The van der Waals surface area contributed by atoms with E-state index in [1.807, 2.05) is 72.8 Å². The molecule has 10 nitrogen and oxygen atoms in total. The zero-order valence-corrected chi connectivity index (χ0v) is 40.3. The van der Waals surface area contributed by atoms with E-state index in [4.69, 9.17) is 19.7 Å². The zero-order chi connectivity index (χ0) is 45.2. The lowest BCUT2D eigenvalue weighted by molar-refractivity contribution is -0.956. The number of nitrogens with zero attached hydrogens (tertiary/aromatic N) is 2. The van der Waals surface area contributed by atoms with Crippen LogP contribution in [0.15, 0.2) is 121 Å². The Hall–Kier alpha value is -3.84. The van der Waals surface area contributed by atoms with Crippen molar-refractivity contribution in [3.63, 3.8) is 0 Å². The number of rotatable bonds is 8. The van der Waals surface area contributed by atoms with Gasteiger partial charge in [-0.3, -0.25) is 0 Å². The molecule has 2 spiro atoms. The number of esters is 2. The summed E-state index contributed by atoms with van der Waals surface area (Å²) in [6, 6.07) is 39.2. The molecule has 12 heteroatoms. The summed E-state index contributed by atoms with van der Waals surface area (Å²) in [5.74, 6) is -1.09. The van der Waals surface area contributed by atoms with E-state index < -0.39 is 23.1 Å². The van der Waals surface area contributed by atoms with Crippen molar-refractivity contribution in [1.82, 2.24) is 0 Å². The molecule has 0 aliphatic carbocycles. The number of carbonyl (C=O) groups excluding carboxylic acids is 2. The van der Waals surface area contributed by atoms with E-state index in [1.165, 1.54) is 86.5 Å². The van der Waals surface area contributed by atoms with Crippen LogP contribution < -0.4 is 24.8 Å². The fraction of sp³-hybridized carbons (Fsp3) is 0.519. The molecule has 4 aromatic carbocycles. The Balaban J connectivity index is 0.000000216. The SMILES string of the molecule is CCO.CCO.O=C(OC1C[C@H]2CC[C@@H](C1)[N+]21CCCC1)C(O)(c1ccccc1)c1ccccc1.O=C(OC1C[C@H]2CC[C@@H](C1)[N+]21CCCC1)C(O)(c1ccccc1)c1ccccc1.[Cl-].[Cl-]. The molecular formula is C54H72Cl2N2O8. The van der Waals surface area contributed by atoms with Crippen molar-refractivity contribution in [2.75, 3.05) is 39.4 Å². The number of aliphatic hydroxyl groups is 4. The number of aliphatic hydroxyl groups excluding tert-OH is 2. The molecule has 6 saturated heterocycles. The smallest absolute Gasteiger partial charge is 0.347 e. The van der Waals surface area contributed by atoms with Crippen LogP contribution in [0.4, 0.5) is 0 Å². The Kier molecular flexibility index (Phi) is 19.3. The van der Waals surface area contributed by atoms with Crippen LogP contribution in [-0.4, -0.2) is 117 Å². The lowest BCUT2D eigenvalue weighted by Crippen LogP contribution is -3.00. The molecule has 0 radical (unpaired) electrons. The Bertz CT molecular complexity index is 1810. The molecule has 0 amide bonds. The molecule has 6 heterocycles. The predicted molar refractivity (Wildman–Crippen MR) is 248 cm³/mol. The first kappa shape index (κ1) is 53.1. The van der Waals surface area contributed by atoms with Crippen LogP contribution in [0.1, 0.15) is 113 Å². The molecule has 2 unspecified atom stereocenters. The van der Waals surface area contributed by atoms with Crippen LogP contribution in [0.2, 0.25) is 0 Å². The molecule has 4 N–H and O–H groups in total. The van der Waals surface area contributed by atoms with Crippen LogP contribution in [0.3, 0.4) is 0 Å². The molecule has 4 bridgehead atoms. The van der Waals surface area contributed by atoms with Gasteiger partial charge in [0.25, 0.3) is 0 Å². The van der Waals surface area contributed by atoms with Gasteiger partial charge in [0, 0.05) is 90.3 Å². The fourth-order valence-electron chi connectivity index (χ4n) is 12.6. The summed E-state index contributed by atoms with van der Waals surface area (Å²) >= 11 is 0. The summed E-state index contributed by atoms with van der Waals surface area (Å²) in [6.45, 7) is 9.06. The maximum atomic E-state index is 13.4. The van der Waals surface area contributed by atoms with E-state index in [1.54, 1.807) is 62.4 Å². The first-order valence-electron chi connectivity index (χ1n) is 24.1. The molecule has 6 aliphatic rings. The highest BCUT2D eigenvalue weighted by molar-refractivity contribution is 5.86. The lowest BCUT2D eigenvalue weighted by atomic mass is 9.86. The van der Waals surface area contributed by atoms with Crippen molar-refractivity contribution in [3.8, 4) is 0 Å². The number of ether oxygens (including phenoxy) is 2. The minimum Gasteiger partial charge on any atom is -1.00 e. The van der Waals surface area contributed by atoms with Gasteiger partial charge in [0.15, 0.2) is 0 Å². The van der Waals surface area contributed by atoms with E-state index in [-0.39, 0.29) is 50.2 Å². The number of piperidine rings is 2. The van der Waals surface area contributed by atoms with E-state index in [0.717, 1.165) is 25.7 Å². The quantitative estimate of drug-likeness (QED) is 0.155. The van der Waals surface area contributed by atoms with E-state index in [2.05, 4.69) is 0 Å². The van der Waals surface area contributed by atoms with Gasteiger partial charge in [0.1, 0.15) is 12.2 Å². The average Bonchev–Trinajstić information content (AvgIpc) is 4.09. The van der Waals surface area contributed by atoms with Crippen LogP contribution in [0.5, 0.6) is 0 Å². The standard InChI is InChI=1S/2C25H30NO3.2C2H6O.2ClH/c2*27-24(25(28,19-9-3-1-4-10-19)20-11-5-2-6-12-20)29-23-17-21-13-14-22(18-23)26(21)15-7-8-16-26;2*1-2-3;;/h2*1-6,9-12,21-23,28H,7-8,13-18H2;2*3H,2H2,1H3;2*1H/q2*+1;;;;/p-2/t2*21-,22+,23?;;;;. The van der Waals surface area contributed by atoms with Crippen molar-refractivity contribution in [2.24, 2.45) is 0 Å². The molecule has 66 heavy (non-hydrogen) atoms. The molecule has 0 saturated carbocycles. The summed E-state index contributed by atoms with van der Waals surface area (Å²) in [6.07, 6.45) is 13.9. The maximum absolute atomic E-state index is 13.4. The Morgan fingerprint density at radius 1 is 0.470 bits per heavy atom. The summed E-state index contributed by atoms with van der Waals surface area (Å²) < 4.78 is 14.6. The molecule has 10 rings (SSSR count). The van der Waals surface area contributed by atoms with Crippen molar-refractivity contribution in [3.05, 3.63) is 144 Å². The highest BCUT2D eigenvalue weighted by Gasteiger charge is 2.58. The highest BCUT2D eigenvalue weighted by Crippen LogP contribution is 2.48. The van der Waals surface area contributed by atoms with Crippen molar-refractivity contribution < 1.29 is 73.3 Å². The third kappa shape index (κ3) is 10.7. The number of hydrogen-bond acceptors (Lipinski definition) is 8. The first-order valence-corrected chi connectivity index (χ1v) is 24.1. The van der Waals surface area contributed by atoms with Gasteiger partial charge in [-0.15, -0.1) is 0 Å². The normalized spacial score (nSPS) is 25.0.